The second-order valence-electron chi connectivity index (χ2n) is 5.11. The Kier molecular flexibility index (Phi) is 5.88. The van der Waals surface area contributed by atoms with Crippen molar-refractivity contribution in [2.75, 3.05) is 11.9 Å². The van der Waals surface area contributed by atoms with Gasteiger partial charge in [-0.3, -0.25) is 4.79 Å². The van der Waals surface area contributed by atoms with Gasteiger partial charge in [0.15, 0.2) is 6.61 Å². The lowest BCUT2D eigenvalue weighted by Gasteiger charge is -2.07. The van der Waals surface area contributed by atoms with Crippen molar-refractivity contribution in [2.45, 2.75) is 0 Å². The van der Waals surface area contributed by atoms with Gasteiger partial charge >= 0.3 is 5.97 Å². The smallest absolute Gasteiger partial charge is 0.331 e. The molecule has 2 aromatic carbocycles. The number of benzene rings is 2. The van der Waals surface area contributed by atoms with Gasteiger partial charge in [-0.15, -0.1) is 11.3 Å². The molecule has 0 unspecified atom stereocenters. The van der Waals surface area contributed by atoms with E-state index in [0.717, 1.165) is 10.2 Å². The fraction of sp³-hybridized carbons (Fsp3) is 0.0556. The third-order valence-corrected chi connectivity index (χ3v) is 5.06. The van der Waals surface area contributed by atoms with E-state index >= 15 is 0 Å². The average Bonchev–Trinajstić information content (AvgIpc) is 3.05. The van der Waals surface area contributed by atoms with Crippen LogP contribution in [0.25, 0.3) is 16.3 Å². The highest BCUT2D eigenvalue weighted by atomic mass is 35.5. The number of rotatable bonds is 5. The molecule has 1 N–H and O–H groups in total. The zero-order valence-corrected chi connectivity index (χ0v) is 15.6. The van der Waals surface area contributed by atoms with Crippen LogP contribution < -0.4 is 5.32 Å². The Labute approximate surface area is 163 Å². The summed E-state index contributed by atoms with van der Waals surface area (Å²) in [5.74, 6) is -1.16. The summed E-state index contributed by atoms with van der Waals surface area (Å²) in [6.45, 7) is -0.439. The number of halogens is 2. The molecule has 0 aliphatic carbocycles. The summed E-state index contributed by atoms with van der Waals surface area (Å²) < 4.78 is 5.93. The van der Waals surface area contributed by atoms with Crippen molar-refractivity contribution in [3.63, 3.8) is 0 Å². The Morgan fingerprint density at radius 3 is 2.77 bits per heavy atom. The third-order valence-electron chi connectivity index (χ3n) is 3.24. The maximum Gasteiger partial charge on any atom is 0.331 e. The number of hydrogen-bond donors (Lipinski definition) is 1. The number of ether oxygens (including phenoxy) is 1. The summed E-state index contributed by atoms with van der Waals surface area (Å²) in [6.07, 6.45) is 2.79. The number of aromatic nitrogens is 1. The SMILES string of the molecule is O=C(COC(=O)/C=C/c1nc2ccccc2s1)Nc1cccc(Cl)c1Cl. The number of amides is 1. The second kappa shape index (κ2) is 8.31. The van der Waals surface area contributed by atoms with E-state index in [2.05, 4.69) is 10.3 Å². The summed E-state index contributed by atoms with van der Waals surface area (Å²) in [5, 5.41) is 3.76. The minimum absolute atomic E-state index is 0.226. The Hall–Kier alpha value is -2.41. The molecule has 0 saturated carbocycles. The van der Waals surface area contributed by atoms with Crippen molar-refractivity contribution >= 4 is 68.4 Å². The van der Waals surface area contributed by atoms with Crippen molar-refractivity contribution in [1.82, 2.24) is 4.98 Å². The minimum atomic E-state index is -0.642. The molecule has 26 heavy (non-hydrogen) atoms. The number of anilines is 1. The van der Waals surface area contributed by atoms with E-state index in [-0.39, 0.29) is 5.02 Å². The van der Waals surface area contributed by atoms with Gasteiger partial charge in [0.25, 0.3) is 5.91 Å². The first-order valence-corrected chi connectivity index (χ1v) is 9.04. The fourth-order valence-electron chi connectivity index (χ4n) is 2.07. The molecule has 1 aromatic heterocycles. The average molecular weight is 407 g/mol. The molecular formula is C18H12Cl2N2O3S. The first-order chi connectivity index (χ1) is 12.5. The predicted molar refractivity (Wildman–Crippen MR) is 105 cm³/mol. The van der Waals surface area contributed by atoms with E-state index in [1.165, 1.54) is 17.4 Å². The molecule has 132 valence electrons. The van der Waals surface area contributed by atoms with Gasteiger partial charge in [0, 0.05) is 6.08 Å². The van der Waals surface area contributed by atoms with Crippen LogP contribution in [-0.2, 0) is 14.3 Å². The summed E-state index contributed by atoms with van der Waals surface area (Å²) in [4.78, 5) is 28.0. The maximum atomic E-state index is 11.8. The zero-order valence-electron chi connectivity index (χ0n) is 13.2. The molecule has 0 aliphatic heterocycles. The highest BCUT2D eigenvalue weighted by molar-refractivity contribution is 7.19. The summed E-state index contributed by atoms with van der Waals surface area (Å²) in [5.41, 5.74) is 1.22. The number of para-hydroxylation sites is 1. The lowest BCUT2D eigenvalue weighted by Crippen LogP contribution is -2.20. The topological polar surface area (TPSA) is 68.3 Å². The normalized spacial score (nSPS) is 11.0. The van der Waals surface area contributed by atoms with E-state index in [1.54, 1.807) is 24.3 Å². The summed E-state index contributed by atoms with van der Waals surface area (Å²) in [6, 6.07) is 12.5. The lowest BCUT2D eigenvalue weighted by molar-refractivity contribution is -0.142. The lowest BCUT2D eigenvalue weighted by atomic mass is 10.3. The molecule has 0 atom stereocenters. The quantitative estimate of drug-likeness (QED) is 0.488. The van der Waals surface area contributed by atoms with E-state index < -0.39 is 18.5 Å². The molecule has 0 radical (unpaired) electrons. The van der Waals surface area contributed by atoms with Crippen LogP contribution in [0.5, 0.6) is 0 Å². The van der Waals surface area contributed by atoms with Gasteiger partial charge in [0.2, 0.25) is 0 Å². The van der Waals surface area contributed by atoms with E-state index in [1.807, 2.05) is 24.3 Å². The zero-order chi connectivity index (χ0) is 18.5. The van der Waals surface area contributed by atoms with Crippen molar-refractivity contribution < 1.29 is 14.3 Å². The first kappa shape index (κ1) is 18.4. The number of nitrogens with one attached hydrogen (secondary N) is 1. The van der Waals surface area contributed by atoms with Crippen LogP contribution in [-0.4, -0.2) is 23.5 Å². The number of hydrogen-bond acceptors (Lipinski definition) is 5. The highest BCUT2D eigenvalue weighted by Gasteiger charge is 2.10. The monoisotopic (exact) mass is 406 g/mol. The van der Waals surface area contributed by atoms with Crippen molar-refractivity contribution in [3.05, 3.63) is 63.6 Å². The van der Waals surface area contributed by atoms with E-state index in [0.29, 0.717) is 15.7 Å². The van der Waals surface area contributed by atoms with Crippen LogP contribution in [0.1, 0.15) is 5.01 Å². The molecule has 0 fully saturated rings. The Bertz CT molecular complexity index is 968. The third kappa shape index (κ3) is 4.60. The molecule has 0 saturated heterocycles. The van der Waals surface area contributed by atoms with Gasteiger partial charge in [-0.25, -0.2) is 9.78 Å². The predicted octanol–water partition coefficient (Wildman–Crippen LogP) is 4.80. The molecule has 1 amide bonds. The van der Waals surface area contributed by atoms with Gasteiger partial charge < -0.3 is 10.1 Å². The summed E-state index contributed by atoms with van der Waals surface area (Å²) >= 11 is 13.3. The number of esters is 1. The first-order valence-electron chi connectivity index (χ1n) is 7.47. The van der Waals surface area contributed by atoms with Gasteiger partial charge in [0.1, 0.15) is 5.01 Å². The molecule has 5 nitrogen and oxygen atoms in total. The molecule has 8 heteroatoms. The summed E-state index contributed by atoms with van der Waals surface area (Å²) in [7, 11) is 0. The largest absolute Gasteiger partial charge is 0.452 e. The van der Waals surface area contributed by atoms with Crippen LogP contribution in [0, 0.1) is 0 Å². The fourth-order valence-corrected chi connectivity index (χ4v) is 3.29. The number of carbonyl (C=O) groups is 2. The van der Waals surface area contributed by atoms with Crippen LogP contribution in [0.4, 0.5) is 5.69 Å². The van der Waals surface area contributed by atoms with Crippen LogP contribution in [0.15, 0.2) is 48.5 Å². The van der Waals surface area contributed by atoms with Gasteiger partial charge in [0.05, 0.1) is 25.9 Å². The van der Waals surface area contributed by atoms with Crippen LogP contribution in [0.3, 0.4) is 0 Å². The molecule has 3 aromatic rings. The Balaban J connectivity index is 1.53. The highest BCUT2D eigenvalue weighted by Crippen LogP contribution is 2.29. The molecule has 0 aliphatic rings. The maximum absolute atomic E-state index is 11.8. The van der Waals surface area contributed by atoms with Crippen LogP contribution in [0.2, 0.25) is 10.0 Å². The van der Waals surface area contributed by atoms with E-state index in [9.17, 15) is 9.59 Å². The number of nitrogens with zero attached hydrogens (tertiary/aromatic N) is 1. The van der Waals surface area contributed by atoms with Gasteiger partial charge in [-0.2, -0.15) is 0 Å². The van der Waals surface area contributed by atoms with Crippen molar-refractivity contribution in [3.8, 4) is 0 Å². The number of thiazole rings is 1. The minimum Gasteiger partial charge on any atom is -0.452 e. The molecular weight excluding hydrogens is 395 g/mol. The standard InChI is InChI=1S/C18H12Cl2N2O3S/c19-11-4-3-6-13(18(11)20)21-15(23)10-25-17(24)9-8-16-22-12-5-1-2-7-14(12)26-16/h1-9H,10H2,(H,21,23)/b9-8+. The number of fused-ring (bicyclic) bond motifs is 1. The van der Waals surface area contributed by atoms with E-state index in [4.69, 9.17) is 27.9 Å². The van der Waals surface area contributed by atoms with Crippen LogP contribution >= 0.6 is 34.5 Å². The van der Waals surface area contributed by atoms with Gasteiger partial charge in [-0.1, -0.05) is 41.4 Å². The molecule has 1 heterocycles. The molecule has 3 rings (SSSR count). The Morgan fingerprint density at radius 2 is 1.96 bits per heavy atom. The van der Waals surface area contributed by atoms with Gasteiger partial charge in [-0.05, 0) is 30.3 Å². The molecule has 0 bridgehead atoms. The Morgan fingerprint density at radius 1 is 1.15 bits per heavy atom. The van der Waals surface area contributed by atoms with Crippen molar-refractivity contribution in [2.24, 2.45) is 0 Å². The van der Waals surface area contributed by atoms with Crippen molar-refractivity contribution in [1.29, 1.82) is 0 Å². The molecule has 0 spiro atoms. The number of carbonyl (C=O) groups excluding carboxylic acids is 2. The second-order valence-corrected chi connectivity index (χ2v) is 6.96.